The average Bonchev–Trinajstić information content (AvgIpc) is 3.25. The molecule has 1 amide bonds. The number of nitrogens with one attached hydrogen (secondary N) is 2. The Kier molecular flexibility index (Phi) is 5.56. The molecule has 4 aromatic rings. The number of rotatable bonds is 3. The van der Waals surface area contributed by atoms with Crippen molar-refractivity contribution in [3.8, 4) is 11.1 Å². The lowest BCUT2D eigenvalue weighted by Gasteiger charge is -2.24. The first-order chi connectivity index (χ1) is 15.9. The minimum Gasteiger partial charge on any atom is -0.321 e. The summed E-state index contributed by atoms with van der Waals surface area (Å²) < 4.78 is 0.949. The van der Waals surface area contributed by atoms with E-state index >= 15 is 0 Å². The van der Waals surface area contributed by atoms with E-state index in [1.165, 1.54) is 11.9 Å². The molecule has 5 nitrogen and oxygen atoms in total. The fraction of sp³-hybridized carbons (Fsp3) is 0.0769. The van der Waals surface area contributed by atoms with Gasteiger partial charge in [-0.2, -0.15) is 0 Å². The molecule has 3 aromatic carbocycles. The van der Waals surface area contributed by atoms with Crippen LogP contribution in [0.15, 0.2) is 88.1 Å². The van der Waals surface area contributed by atoms with Crippen LogP contribution >= 0.6 is 27.5 Å². The second-order valence-corrected chi connectivity index (χ2v) is 9.19. The van der Waals surface area contributed by atoms with Crippen LogP contribution in [0, 0.1) is 0 Å². The summed E-state index contributed by atoms with van der Waals surface area (Å²) in [7, 11) is 0. The van der Waals surface area contributed by atoms with E-state index in [1.54, 1.807) is 12.1 Å². The van der Waals surface area contributed by atoms with E-state index in [2.05, 4.69) is 26.3 Å². The minimum atomic E-state index is -0.358. The van der Waals surface area contributed by atoms with Crippen LogP contribution in [-0.4, -0.2) is 15.9 Å². The summed E-state index contributed by atoms with van der Waals surface area (Å²) >= 11 is 9.78. The molecule has 0 unspecified atom stereocenters. The van der Waals surface area contributed by atoms with Crippen LogP contribution in [0.3, 0.4) is 0 Å². The van der Waals surface area contributed by atoms with Gasteiger partial charge in [0.25, 0.3) is 5.56 Å². The molecule has 1 atom stereocenters. The fourth-order valence-electron chi connectivity index (χ4n) is 4.22. The number of hydrazine groups is 1. The summed E-state index contributed by atoms with van der Waals surface area (Å²) in [6, 6.07) is 22.5. The fourth-order valence-corrected chi connectivity index (χ4v) is 4.65. The van der Waals surface area contributed by atoms with Gasteiger partial charge in [0.05, 0.1) is 17.3 Å². The Balaban J connectivity index is 1.77. The largest absolute Gasteiger partial charge is 0.321 e. The molecular weight excluding hydrogens is 502 g/mol. The van der Waals surface area contributed by atoms with Gasteiger partial charge in [-0.05, 0) is 47.5 Å². The quantitative estimate of drug-likeness (QED) is 0.345. The number of pyridine rings is 1. The van der Waals surface area contributed by atoms with Gasteiger partial charge in [-0.1, -0.05) is 70.0 Å². The zero-order valence-electron chi connectivity index (χ0n) is 17.6. The molecule has 0 aliphatic carbocycles. The number of nitrogens with zero attached hydrogens (tertiary/aromatic N) is 1. The number of hydrogen-bond donors (Lipinski definition) is 2. The van der Waals surface area contributed by atoms with E-state index < -0.39 is 0 Å². The van der Waals surface area contributed by atoms with Gasteiger partial charge >= 0.3 is 0 Å². The Morgan fingerprint density at radius 2 is 1.73 bits per heavy atom. The maximum atomic E-state index is 13.4. The number of aromatic nitrogens is 1. The van der Waals surface area contributed by atoms with Gasteiger partial charge in [0.2, 0.25) is 5.91 Å². The van der Waals surface area contributed by atoms with Gasteiger partial charge in [0.1, 0.15) is 0 Å². The molecule has 0 spiro atoms. The molecule has 0 fully saturated rings. The van der Waals surface area contributed by atoms with Crippen LogP contribution in [0.5, 0.6) is 0 Å². The Bertz CT molecular complexity index is 1460. The van der Waals surface area contributed by atoms with Crippen LogP contribution in [0.1, 0.15) is 24.1 Å². The summed E-state index contributed by atoms with van der Waals surface area (Å²) in [5.74, 6) is -0.157. The summed E-state index contributed by atoms with van der Waals surface area (Å²) in [5, 5.41) is 2.94. The van der Waals surface area contributed by atoms with Crippen molar-refractivity contribution in [2.24, 2.45) is 0 Å². The third-order valence-electron chi connectivity index (χ3n) is 5.70. The molecule has 1 aliphatic heterocycles. The summed E-state index contributed by atoms with van der Waals surface area (Å²) in [5.41, 5.74) is 7.23. The predicted molar refractivity (Wildman–Crippen MR) is 136 cm³/mol. The topological polar surface area (TPSA) is 65.2 Å². The summed E-state index contributed by atoms with van der Waals surface area (Å²) in [6.45, 7) is 1.50. The second-order valence-electron chi connectivity index (χ2n) is 7.84. The van der Waals surface area contributed by atoms with Gasteiger partial charge < -0.3 is 4.98 Å². The van der Waals surface area contributed by atoms with Crippen molar-refractivity contribution in [2.75, 3.05) is 0 Å². The third-order valence-corrected chi connectivity index (χ3v) is 6.47. The second kappa shape index (κ2) is 8.54. The normalized spacial score (nSPS) is 15.4. The Labute approximate surface area is 203 Å². The molecule has 7 heteroatoms. The van der Waals surface area contributed by atoms with E-state index in [4.69, 9.17) is 11.6 Å². The van der Waals surface area contributed by atoms with Crippen molar-refractivity contribution < 1.29 is 4.79 Å². The van der Waals surface area contributed by atoms with E-state index in [1.807, 2.05) is 66.7 Å². The van der Waals surface area contributed by atoms with Crippen molar-refractivity contribution in [2.45, 2.75) is 13.0 Å². The summed E-state index contributed by atoms with van der Waals surface area (Å²) in [4.78, 5) is 28.8. The zero-order valence-corrected chi connectivity index (χ0v) is 19.9. The lowest BCUT2D eigenvalue weighted by molar-refractivity contribution is -0.132. The number of carbonyl (C=O) groups is 1. The maximum Gasteiger partial charge on any atom is 0.258 e. The number of amides is 1. The van der Waals surface area contributed by atoms with Crippen molar-refractivity contribution >= 4 is 50.0 Å². The molecule has 0 saturated heterocycles. The van der Waals surface area contributed by atoms with Crippen molar-refractivity contribution in [1.82, 2.24) is 15.4 Å². The molecule has 1 aromatic heterocycles. The number of aromatic amines is 1. The average molecular weight is 521 g/mol. The van der Waals surface area contributed by atoms with Gasteiger partial charge in [-0.25, -0.2) is 5.01 Å². The van der Waals surface area contributed by atoms with E-state index in [9.17, 15) is 9.59 Å². The number of hydrogen-bond acceptors (Lipinski definition) is 3. The van der Waals surface area contributed by atoms with Gasteiger partial charge in [0, 0.05) is 32.9 Å². The van der Waals surface area contributed by atoms with E-state index in [0.717, 1.165) is 26.5 Å². The standard InChI is InChI=1S/C26H19BrClN3O2/c1-15(32)31-23(16-7-9-18(27)10-8-16)14-22(30-31)25-24(17-5-3-2-4-6-17)20-13-19(28)11-12-21(20)29-26(25)33/h2-14,23,30H,1H3,(H,29,33)/t23-/m0/s1. The van der Waals surface area contributed by atoms with E-state index in [0.29, 0.717) is 21.8 Å². The van der Waals surface area contributed by atoms with Crippen LogP contribution in [0.4, 0.5) is 0 Å². The van der Waals surface area contributed by atoms with Crippen LogP contribution in [-0.2, 0) is 4.79 Å². The first-order valence-corrected chi connectivity index (χ1v) is 11.5. The van der Waals surface area contributed by atoms with Crippen molar-refractivity contribution in [1.29, 1.82) is 0 Å². The highest BCUT2D eigenvalue weighted by atomic mass is 79.9. The molecule has 0 bridgehead atoms. The molecule has 5 rings (SSSR count). The Hall–Kier alpha value is -3.35. The molecule has 2 heterocycles. The molecule has 33 heavy (non-hydrogen) atoms. The van der Waals surface area contributed by atoms with Gasteiger partial charge in [-0.3, -0.25) is 15.0 Å². The Morgan fingerprint density at radius 1 is 1.00 bits per heavy atom. The lowest BCUT2D eigenvalue weighted by atomic mass is 9.94. The van der Waals surface area contributed by atoms with E-state index in [-0.39, 0.29) is 17.5 Å². The summed E-state index contributed by atoms with van der Waals surface area (Å²) in [6.07, 6.45) is 1.91. The molecular formula is C26H19BrClN3O2. The first-order valence-electron chi connectivity index (χ1n) is 10.4. The SMILES string of the molecule is CC(=O)N1NC(c2c(-c3ccccc3)c3cc(Cl)ccc3[nH]c2=O)=C[C@H]1c1ccc(Br)cc1. The van der Waals surface area contributed by atoms with Crippen molar-refractivity contribution in [3.63, 3.8) is 0 Å². The van der Waals surface area contributed by atoms with Gasteiger partial charge in [-0.15, -0.1) is 0 Å². The first kappa shape index (κ1) is 21.5. The number of H-pyrrole nitrogens is 1. The molecule has 1 aliphatic rings. The Morgan fingerprint density at radius 3 is 2.42 bits per heavy atom. The molecule has 0 radical (unpaired) electrons. The smallest absolute Gasteiger partial charge is 0.258 e. The molecule has 164 valence electrons. The highest BCUT2D eigenvalue weighted by molar-refractivity contribution is 9.10. The number of fused-ring (bicyclic) bond motifs is 1. The third kappa shape index (κ3) is 3.96. The van der Waals surface area contributed by atoms with Crippen LogP contribution < -0.4 is 11.0 Å². The van der Waals surface area contributed by atoms with Gasteiger partial charge in [0.15, 0.2) is 0 Å². The highest BCUT2D eigenvalue weighted by Gasteiger charge is 2.31. The van der Waals surface area contributed by atoms with Crippen molar-refractivity contribution in [3.05, 3.63) is 110 Å². The van der Waals surface area contributed by atoms with Crippen LogP contribution in [0.2, 0.25) is 5.02 Å². The lowest BCUT2D eigenvalue weighted by Crippen LogP contribution is -2.38. The number of benzene rings is 3. The minimum absolute atomic E-state index is 0.157. The zero-order chi connectivity index (χ0) is 23.1. The van der Waals surface area contributed by atoms with Crippen LogP contribution in [0.25, 0.3) is 27.7 Å². The number of halogens is 2. The molecule has 0 saturated carbocycles. The maximum absolute atomic E-state index is 13.4. The predicted octanol–water partition coefficient (Wildman–Crippen LogP) is 6.06. The molecule has 2 N–H and O–H groups in total. The highest BCUT2D eigenvalue weighted by Crippen LogP contribution is 2.37. The number of carbonyl (C=O) groups excluding carboxylic acids is 1. The monoisotopic (exact) mass is 519 g/mol.